The number of fused-ring (bicyclic) bond motifs is 1. The van der Waals surface area contributed by atoms with E-state index in [-0.39, 0.29) is 5.78 Å². The minimum Gasteiger partial charge on any atom is -0.496 e. The van der Waals surface area contributed by atoms with Crippen LogP contribution in [0.2, 0.25) is 0 Å². The van der Waals surface area contributed by atoms with E-state index in [1.807, 2.05) is 32.0 Å². The van der Waals surface area contributed by atoms with Gasteiger partial charge < -0.3 is 4.74 Å². The number of pyridine rings is 1. The average molecular weight is 229 g/mol. The minimum atomic E-state index is 0.0267. The molecule has 17 heavy (non-hydrogen) atoms. The predicted octanol–water partition coefficient (Wildman–Crippen LogP) is 3.06. The molecule has 3 nitrogen and oxygen atoms in total. The fourth-order valence-electron chi connectivity index (χ4n) is 2.00. The molecule has 3 heteroatoms. The predicted molar refractivity (Wildman–Crippen MR) is 67.8 cm³/mol. The summed E-state index contributed by atoms with van der Waals surface area (Å²) in [6.07, 6.45) is 0. The van der Waals surface area contributed by atoms with Crippen LogP contribution in [0.5, 0.6) is 5.75 Å². The van der Waals surface area contributed by atoms with Gasteiger partial charge in [-0.3, -0.25) is 9.78 Å². The quantitative estimate of drug-likeness (QED) is 0.743. The molecule has 0 bridgehead atoms. The van der Waals surface area contributed by atoms with Crippen LogP contribution < -0.4 is 4.74 Å². The van der Waals surface area contributed by atoms with Crippen LogP contribution in [0.3, 0.4) is 0 Å². The summed E-state index contributed by atoms with van der Waals surface area (Å²) in [5, 5.41) is 0.892. The van der Waals surface area contributed by atoms with Crippen molar-refractivity contribution in [1.82, 2.24) is 4.98 Å². The first-order valence-corrected chi connectivity index (χ1v) is 5.50. The highest BCUT2D eigenvalue weighted by Gasteiger charge is 2.12. The van der Waals surface area contributed by atoms with Crippen molar-refractivity contribution >= 4 is 16.7 Å². The van der Waals surface area contributed by atoms with Gasteiger partial charge in [0.2, 0.25) is 0 Å². The highest BCUT2D eigenvalue weighted by molar-refractivity contribution is 6.07. The minimum absolute atomic E-state index is 0.0267. The van der Waals surface area contributed by atoms with Crippen molar-refractivity contribution in [2.24, 2.45) is 0 Å². The molecule has 2 aromatic rings. The number of Topliss-reactive ketones (excluding diaryl/α,β-unsaturated/α-hetero) is 1. The van der Waals surface area contributed by atoms with Crippen LogP contribution in [-0.2, 0) is 0 Å². The molecular weight excluding hydrogens is 214 g/mol. The summed E-state index contributed by atoms with van der Waals surface area (Å²) in [6.45, 7) is 5.42. The second-order valence-electron chi connectivity index (χ2n) is 4.23. The Bertz CT molecular complexity index is 603. The number of aryl methyl sites for hydroxylation is 2. The van der Waals surface area contributed by atoms with Gasteiger partial charge in [-0.15, -0.1) is 0 Å². The fraction of sp³-hybridized carbons (Fsp3) is 0.286. The van der Waals surface area contributed by atoms with Crippen LogP contribution >= 0.6 is 0 Å². The molecule has 2 rings (SSSR count). The van der Waals surface area contributed by atoms with Crippen LogP contribution in [0, 0.1) is 13.8 Å². The van der Waals surface area contributed by atoms with Gasteiger partial charge in [0.05, 0.1) is 12.6 Å². The second kappa shape index (κ2) is 4.17. The lowest BCUT2D eigenvalue weighted by Gasteiger charge is -2.10. The maximum Gasteiger partial charge on any atom is 0.162 e. The van der Waals surface area contributed by atoms with Crippen LogP contribution in [0.25, 0.3) is 10.9 Å². The van der Waals surface area contributed by atoms with Crippen molar-refractivity contribution in [3.05, 3.63) is 35.0 Å². The molecule has 0 spiro atoms. The standard InChI is InChI=1S/C14H15NO2/c1-8-5-11(10(3)16)14-12(6-8)13(17-4)7-9(2)15-14/h5-7H,1-4H3. The summed E-state index contributed by atoms with van der Waals surface area (Å²) in [5.41, 5.74) is 3.26. The average Bonchev–Trinajstić information content (AvgIpc) is 2.27. The van der Waals surface area contributed by atoms with Gasteiger partial charge in [-0.25, -0.2) is 0 Å². The first-order chi connectivity index (χ1) is 8.02. The maximum absolute atomic E-state index is 11.6. The Kier molecular flexibility index (Phi) is 2.84. The number of carbonyl (C=O) groups is 1. The zero-order chi connectivity index (χ0) is 12.6. The summed E-state index contributed by atoms with van der Waals surface area (Å²) >= 11 is 0. The van der Waals surface area contributed by atoms with E-state index in [2.05, 4.69) is 4.98 Å². The number of ether oxygens (including phenoxy) is 1. The second-order valence-corrected chi connectivity index (χ2v) is 4.23. The molecule has 0 aliphatic rings. The zero-order valence-electron chi connectivity index (χ0n) is 10.5. The molecule has 1 heterocycles. The first kappa shape index (κ1) is 11.6. The van der Waals surface area contributed by atoms with Crippen LogP contribution in [-0.4, -0.2) is 17.9 Å². The third-order valence-corrected chi connectivity index (χ3v) is 2.75. The lowest BCUT2D eigenvalue weighted by Crippen LogP contribution is -1.99. The molecule has 0 unspecified atom stereocenters. The van der Waals surface area contributed by atoms with E-state index in [0.717, 1.165) is 27.9 Å². The highest BCUT2D eigenvalue weighted by atomic mass is 16.5. The number of ketones is 1. The molecule has 0 N–H and O–H groups in total. The van der Waals surface area contributed by atoms with Crippen LogP contribution in [0.1, 0.15) is 28.5 Å². The zero-order valence-corrected chi connectivity index (χ0v) is 10.5. The Morgan fingerprint density at radius 2 is 1.94 bits per heavy atom. The van der Waals surface area contributed by atoms with Gasteiger partial charge in [-0.2, -0.15) is 0 Å². The number of methoxy groups -OCH3 is 1. The van der Waals surface area contributed by atoms with E-state index in [4.69, 9.17) is 4.74 Å². The van der Waals surface area contributed by atoms with Gasteiger partial charge in [-0.1, -0.05) is 0 Å². The molecular formula is C14H15NO2. The molecule has 0 atom stereocenters. The summed E-state index contributed by atoms with van der Waals surface area (Å²) in [6, 6.07) is 5.75. The third-order valence-electron chi connectivity index (χ3n) is 2.75. The molecule has 1 aromatic carbocycles. The number of rotatable bonds is 2. The van der Waals surface area contributed by atoms with Gasteiger partial charge in [0.1, 0.15) is 5.75 Å². The number of nitrogens with zero attached hydrogens (tertiary/aromatic N) is 1. The lowest BCUT2D eigenvalue weighted by atomic mass is 10.0. The molecule has 0 aliphatic carbocycles. The molecule has 0 fully saturated rings. The summed E-state index contributed by atoms with van der Waals surface area (Å²) in [4.78, 5) is 16.1. The van der Waals surface area contributed by atoms with Crippen molar-refractivity contribution in [3.8, 4) is 5.75 Å². The maximum atomic E-state index is 11.6. The summed E-state index contributed by atoms with van der Waals surface area (Å²) < 4.78 is 5.35. The Hall–Kier alpha value is -1.90. The van der Waals surface area contributed by atoms with E-state index in [1.165, 1.54) is 0 Å². The number of carbonyl (C=O) groups excluding carboxylic acids is 1. The van der Waals surface area contributed by atoms with E-state index >= 15 is 0 Å². The molecule has 0 saturated heterocycles. The SMILES string of the molecule is COc1cc(C)nc2c(C(C)=O)cc(C)cc12. The molecule has 88 valence electrons. The van der Waals surface area contributed by atoms with Crippen molar-refractivity contribution in [1.29, 1.82) is 0 Å². The Morgan fingerprint density at radius 1 is 1.24 bits per heavy atom. The number of hydrogen-bond acceptors (Lipinski definition) is 3. The highest BCUT2D eigenvalue weighted by Crippen LogP contribution is 2.29. The number of benzene rings is 1. The molecule has 0 saturated carbocycles. The van der Waals surface area contributed by atoms with Gasteiger partial charge in [-0.05, 0) is 38.5 Å². The molecule has 1 aromatic heterocycles. The van der Waals surface area contributed by atoms with Crippen molar-refractivity contribution in [2.45, 2.75) is 20.8 Å². The van der Waals surface area contributed by atoms with Crippen molar-refractivity contribution in [3.63, 3.8) is 0 Å². The van der Waals surface area contributed by atoms with E-state index in [1.54, 1.807) is 14.0 Å². The summed E-state index contributed by atoms with van der Waals surface area (Å²) in [7, 11) is 1.63. The third kappa shape index (κ3) is 2.00. The normalized spacial score (nSPS) is 10.6. The van der Waals surface area contributed by atoms with E-state index in [9.17, 15) is 4.79 Å². The van der Waals surface area contributed by atoms with E-state index < -0.39 is 0 Å². The lowest BCUT2D eigenvalue weighted by molar-refractivity contribution is 0.101. The number of hydrogen-bond donors (Lipinski definition) is 0. The Morgan fingerprint density at radius 3 is 2.53 bits per heavy atom. The first-order valence-electron chi connectivity index (χ1n) is 5.50. The van der Waals surface area contributed by atoms with Gasteiger partial charge in [0.25, 0.3) is 0 Å². The van der Waals surface area contributed by atoms with Crippen molar-refractivity contribution < 1.29 is 9.53 Å². The van der Waals surface area contributed by atoms with Crippen LogP contribution in [0.15, 0.2) is 18.2 Å². The van der Waals surface area contributed by atoms with Crippen LogP contribution in [0.4, 0.5) is 0 Å². The smallest absolute Gasteiger partial charge is 0.162 e. The number of aromatic nitrogens is 1. The topological polar surface area (TPSA) is 39.2 Å². The van der Waals surface area contributed by atoms with Gasteiger partial charge in [0.15, 0.2) is 5.78 Å². The van der Waals surface area contributed by atoms with Gasteiger partial charge in [0, 0.05) is 22.7 Å². The van der Waals surface area contributed by atoms with E-state index in [0.29, 0.717) is 5.56 Å². The molecule has 0 radical (unpaired) electrons. The Balaban J connectivity index is 2.93. The fourth-order valence-corrected chi connectivity index (χ4v) is 2.00. The van der Waals surface area contributed by atoms with Gasteiger partial charge >= 0.3 is 0 Å². The molecule has 0 aliphatic heterocycles. The van der Waals surface area contributed by atoms with Crippen molar-refractivity contribution in [2.75, 3.05) is 7.11 Å². The Labute approximate surface area is 100 Å². The largest absolute Gasteiger partial charge is 0.496 e. The monoisotopic (exact) mass is 229 g/mol. The molecule has 0 amide bonds. The summed E-state index contributed by atoms with van der Waals surface area (Å²) in [5.74, 6) is 0.789.